The maximum atomic E-state index is 4.52. The molecule has 3 heteroatoms. The van der Waals surface area contributed by atoms with Gasteiger partial charge in [-0.1, -0.05) is 19.1 Å². The maximum absolute atomic E-state index is 4.52. The van der Waals surface area contributed by atoms with E-state index in [-0.39, 0.29) is 6.04 Å². The lowest BCUT2D eigenvalue weighted by molar-refractivity contribution is 0.565. The van der Waals surface area contributed by atoms with Crippen LogP contribution < -0.4 is 5.32 Å². The van der Waals surface area contributed by atoms with Crippen LogP contribution in [0, 0.1) is 6.92 Å². The lowest BCUT2D eigenvalue weighted by Gasteiger charge is -2.17. The van der Waals surface area contributed by atoms with Crippen molar-refractivity contribution in [2.45, 2.75) is 32.7 Å². The Bertz CT molecular complexity index is 520. The van der Waals surface area contributed by atoms with Crippen LogP contribution in [0.1, 0.15) is 35.5 Å². The van der Waals surface area contributed by atoms with Crippen molar-refractivity contribution >= 4 is 0 Å². The van der Waals surface area contributed by atoms with E-state index in [9.17, 15) is 0 Å². The van der Waals surface area contributed by atoms with Gasteiger partial charge in [0.1, 0.15) is 0 Å². The summed E-state index contributed by atoms with van der Waals surface area (Å²) in [7, 11) is 1.97. The Hall–Kier alpha value is -1.74. The van der Waals surface area contributed by atoms with E-state index in [1.807, 2.05) is 25.5 Å². The van der Waals surface area contributed by atoms with Crippen molar-refractivity contribution in [3.05, 3.63) is 59.2 Å². The Morgan fingerprint density at radius 2 is 2.05 bits per heavy atom. The van der Waals surface area contributed by atoms with Crippen LogP contribution in [0.2, 0.25) is 0 Å². The number of aryl methyl sites for hydroxylation is 2. The summed E-state index contributed by atoms with van der Waals surface area (Å²) in [6, 6.07) is 8.54. The molecule has 2 aromatic heterocycles. The molecule has 1 atom stereocenters. The molecule has 0 saturated heterocycles. The van der Waals surface area contributed by atoms with Crippen molar-refractivity contribution in [1.82, 2.24) is 15.3 Å². The lowest BCUT2D eigenvalue weighted by Crippen LogP contribution is -2.21. The first-order valence-corrected chi connectivity index (χ1v) is 6.77. The van der Waals surface area contributed by atoms with Gasteiger partial charge in [0, 0.05) is 24.5 Å². The Kier molecular flexibility index (Phi) is 4.63. The van der Waals surface area contributed by atoms with Crippen molar-refractivity contribution in [2.75, 3.05) is 7.05 Å². The van der Waals surface area contributed by atoms with Gasteiger partial charge in [0.05, 0.1) is 11.7 Å². The molecule has 2 aromatic rings. The zero-order chi connectivity index (χ0) is 13.7. The summed E-state index contributed by atoms with van der Waals surface area (Å²) in [6.45, 7) is 4.24. The standard InChI is InChI=1S/C16H21N3/c1-4-13-7-8-14(19-11-13)10-15(17-3)16-12(2)6-5-9-18-16/h5-9,11,15,17H,4,10H2,1-3H3. The molecule has 0 spiro atoms. The van der Waals surface area contributed by atoms with Crippen LogP contribution in [0.15, 0.2) is 36.7 Å². The highest BCUT2D eigenvalue weighted by Crippen LogP contribution is 2.18. The molecule has 0 radical (unpaired) electrons. The molecule has 1 unspecified atom stereocenters. The van der Waals surface area contributed by atoms with Gasteiger partial charge in [-0.15, -0.1) is 0 Å². The minimum Gasteiger partial charge on any atom is -0.311 e. The topological polar surface area (TPSA) is 37.8 Å². The predicted octanol–water partition coefficient (Wildman–Crippen LogP) is 2.85. The molecule has 0 aromatic carbocycles. The number of aromatic nitrogens is 2. The second-order valence-electron chi connectivity index (χ2n) is 4.76. The van der Waals surface area contributed by atoms with Crippen LogP contribution in [0.4, 0.5) is 0 Å². The second-order valence-corrected chi connectivity index (χ2v) is 4.76. The van der Waals surface area contributed by atoms with Gasteiger partial charge in [-0.2, -0.15) is 0 Å². The number of nitrogens with one attached hydrogen (secondary N) is 1. The normalized spacial score (nSPS) is 12.4. The van der Waals surface area contributed by atoms with Crippen molar-refractivity contribution < 1.29 is 0 Å². The van der Waals surface area contributed by atoms with Gasteiger partial charge in [0.2, 0.25) is 0 Å². The monoisotopic (exact) mass is 255 g/mol. The minimum absolute atomic E-state index is 0.209. The zero-order valence-electron chi connectivity index (χ0n) is 11.9. The fourth-order valence-electron chi connectivity index (χ4n) is 2.19. The molecule has 0 saturated carbocycles. The lowest BCUT2D eigenvalue weighted by atomic mass is 10.0. The molecule has 0 aliphatic rings. The average Bonchev–Trinajstić information content (AvgIpc) is 2.46. The summed E-state index contributed by atoms with van der Waals surface area (Å²) >= 11 is 0. The van der Waals surface area contributed by atoms with E-state index in [4.69, 9.17) is 0 Å². The molecule has 19 heavy (non-hydrogen) atoms. The molecular weight excluding hydrogens is 234 g/mol. The number of likely N-dealkylation sites (N-methyl/N-ethyl adjacent to an activating group) is 1. The minimum atomic E-state index is 0.209. The largest absolute Gasteiger partial charge is 0.311 e. The quantitative estimate of drug-likeness (QED) is 0.892. The summed E-state index contributed by atoms with van der Waals surface area (Å²) < 4.78 is 0. The third-order valence-corrected chi connectivity index (χ3v) is 3.44. The molecule has 2 rings (SSSR count). The summed E-state index contributed by atoms with van der Waals surface area (Å²) in [5, 5.41) is 3.33. The van der Waals surface area contributed by atoms with Crippen LogP contribution in [0.5, 0.6) is 0 Å². The van der Waals surface area contributed by atoms with Crippen LogP contribution in [-0.2, 0) is 12.8 Å². The summed E-state index contributed by atoms with van der Waals surface area (Å²) in [6.07, 6.45) is 5.70. The van der Waals surface area contributed by atoms with Crippen molar-refractivity contribution in [1.29, 1.82) is 0 Å². The van der Waals surface area contributed by atoms with E-state index < -0.39 is 0 Å². The van der Waals surface area contributed by atoms with Gasteiger partial charge in [0.25, 0.3) is 0 Å². The summed E-state index contributed by atoms with van der Waals surface area (Å²) in [5.74, 6) is 0. The number of nitrogens with zero attached hydrogens (tertiary/aromatic N) is 2. The third-order valence-electron chi connectivity index (χ3n) is 3.44. The summed E-state index contributed by atoms with van der Waals surface area (Å²) in [5.41, 5.74) is 4.69. The smallest absolute Gasteiger partial charge is 0.0606 e. The van der Waals surface area contributed by atoms with Crippen molar-refractivity contribution in [3.63, 3.8) is 0 Å². The van der Waals surface area contributed by atoms with Crippen molar-refractivity contribution in [2.24, 2.45) is 0 Å². The number of hydrogen-bond acceptors (Lipinski definition) is 3. The fraction of sp³-hybridized carbons (Fsp3) is 0.375. The van der Waals surface area contributed by atoms with Gasteiger partial charge in [0.15, 0.2) is 0 Å². The van der Waals surface area contributed by atoms with E-state index in [0.717, 1.165) is 24.2 Å². The van der Waals surface area contributed by atoms with E-state index in [1.165, 1.54) is 11.1 Å². The average molecular weight is 255 g/mol. The highest BCUT2D eigenvalue weighted by Gasteiger charge is 2.14. The zero-order valence-corrected chi connectivity index (χ0v) is 11.9. The number of hydrogen-bond donors (Lipinski definition) is 1. The summed E-state index contributed by atoms with van der Waals surface area (Å²) in [4.78, 5) is 9.01. The van der Waals surface area contributed by atoms with E-state index in [2.05, 4.69) is 47.3 Å². The molecule has 1 N–H and O–H groups in total. The SMILES string of the molecule is CCc1ccc(CC(NC)c2ncccc2C)nc1. The van der Waals surface area contributed by atoms with E-state index >= 15 is 0 Å². The number of pyridine rings is 2. The van der Waals surface area contributed by atoms with Crippen LogP contribution in [0.25, 0.3) is 0 Å². The molecule has 0 bridgehead atoms. The van der Waals surface area contributed by atoms with Gasteiger partial charge in [-0.05, 0) is 43.7 Å². The maximum Gasteiger partial charge on any atom is 0.0606 e. The van der Waals surface area contributed by atoms with Gasteiger partial charge in [-0.25, -0.2) is 0 Å². The van der Waals surface area contributed by atoms with Gasteiger partial charge >= 0.3 is 0 Å². The molecule has 0 fully saturated rings. The van der Waals surface area contributed by atoms with Crippen molar-refractivity contribution in [3.8, 4) is 0 Å². The molecule has 100 valence electrons. The van der Waals surface area contributed by atoms with E-state index in [0.29, 0.717) is 0 Å². The first kappa shape index (κ1) is 13.7. The van der Waals surface area contributed by atoms with Gasteiger partial charge < -0.3 is 5.32 Å². The molecule has 3 nitrogen and oxygen atoms in total. The number of rotatable bonds is 5. The van der Waals surface area contributed by atoms with Gasteiger partial charge in [-0.3, -0.25) is 9.97 Å². The highest BCUT2D eigenvalue weighted by atomic mass is 14.9. The molecule has 0 amide bonds. The predicted molar refractivity (Wildman–Crippen MR) is 78.1 cm³/mol. The second kappa shape index (κ2) is 6.43. The Morgan fingerprint density at radius 3 is 2.63 bits per heavy atom. The van der Waals surface area contributed by atoms with Crippen LogP contribution >= 0.6 is 0 Å². The fourth-order valence-corrected chi connectivity index (χ4v) is 2.19. The highest BCUT2D eigenvalue weighted by molar-refractivity contribution is 5.23. The molecular formula is C16H21N3. The Morgan fingerprint density at radius 1 is 1.21 bits per heavy atom. The Labute approximate surface area is 115 Å². The van der Waals surface area contributed by atoms with E-state index in [1.54, 1.807) is 0 Å². The first-order chi connectivity index (χ1) is 9.24. The molecule has 0 aliphatic heterocycles. The van der Waals surface area contributed by atoms with Crippen LogP contribution in [-0.4, -0.2) is 17.0 Å². The first-order valence-electron chi connectivity index (χ1n) is 6.77. The molecule has 2 heterocycles. The Balaban J connectivity index is 2.17. The van der Waals surface area contributed by atoms with Crippen LogP contribution in [0.3, 0.4) is 0 Å². The molecule has 0 aliphatic carbocycles. The third kappa shape index (κ3) is 3.38.